The fourth-order valence-electron chi connectivity index (χ4n) is 1.89. The van der Waals surface area contributed by atoms with Gasteiger partial charge in [0, 0.05) is 19.1 Å². The number of amides is 1. The number of carbonyl (C=O) groups is 1. The molecule has 0 spiro atoms. The Labute approximate surface area is 98.3 Å². The highest BCUT2D eigenvalue weighted by atomic mass is 16.6. The monoisotopic (exact) mass is 228 g/mol. The Kier molecular flexibility index (Phi) is 5.60. The first kappa shape index (κ1) is 13.3. The van der Waals surface area contributed by atoms with E-state index >= 15 is 0 Å². The Bertz CT molecular complexity index is 211. The van der Waals surface area contributed by atoms with Crippen molar-refractivity contribution in [3.05, 3.63) is 0 Å². The quantitative estimate of drug-likeness (QED) is 0.800. The van der Waals surface area contributed by atoms with E-state index in [1.165, 1.54) is 0 Å². The molecule has 0 unspecified atom stereocenters. The number of likely N-dealkylation sites (tertiary alicyclic amines) is 1. The van der Waals surface area contributed by atoms with Crippen molar-refractivity contribution in [2.75, 3.05) is 19.6 Å². The molecule has 1 heterocycles. The van der Waals surface area contributed by atoms with Crippen LogP contribution < -0.4 is 5.32 Å². The first-order valence-electron chi connectivity index (χ1n) is 6.32. The summed E-state index contributed by atoms with van der Waals surface area (Å²) in [5, 5.41) is 3.49. The van der Waals surface area contributed by atoms with Gasteiger partial charge in [0.1, 0.15) is 0 Å². The lowest BCUT2D eigenvalue weighted by molar-refractivity contribution is 0.0679. The fourth-order valence-corrected chi connectivity index (χ4v) is 1.89. The van der Waals surface area contributed by atoms with Crippen LogP contribution in [0.4, 0.5) is 4.79 Å². The lowest BCUT2D eigenvalue weighted by Gasteiger charge is -2.32. The lowest BCUT2D eigenvalue weighted by atomic mass is 10.1. The molecule has 0 radical (unpaired) electrons. The van der Waals surface area contributed by atoms with Crippen LogP contribution in [0, 0.1) is 0 Å². The molecule has 0 aliphatic carbocycles. The van der Waals surface area contributed by atoms with E-state index in [9.17, 15) is 4.79 Å². The summed E-state index contributed by atoms with van der Waals surface area (Å²) in [7, 11) is 0. The molecule has 1 saturated heterocycles. The second-order valence-corrected chi connectivity index (χ2v) is 4.65. The van der Waals surface area contributed by atoms with Crippen LogP contribution >= 0.6 is 0 Å². The molecule has 1 aliphatic rings. The van der Waals surface area contributed by atoms with Crippen molar-refractivity contribution in [2.24, 2.45) is 0 Å². The number of hydrogen-bond donors (Lipinski definition) is 1. The summed E-state index contributed by atoms with van der Waals surface area (Å²) in [5.41, 5.74) is 0. The van der Waals surface area contributed by atoms with Gasteiger partial charge in [-0.3, -0.25) is 0 Å². The summed E-state index contributed by atoms with van der Waals surface area (Å²) < 4.78 is 5.17. The van der Waals surface area contributed by atoms with Gasteiger partial charge in [0.15, 0.2) is 0 Å². The van der Waals surface area contributed by atoms with E-state index in [1.807, 2.05) is 18.7 Å². The Morgan fingerprint density at radius 1 is 1.44 bits per heavy atom. The van der Waals surface area contributed by atoms with Crippen LogP contribution in [-0.4, -0.2) is 42.8 Å². The maximum atomic E-state index is 11.6. The van der Waals surface area contributed by atoms with E-state index in [-0.39, 0.29) is 12.2 Å². The normalized spacial score (nSPS) is 17.9. The van der Waals surface area contributed by atoms with Crippen molar-refractivity contribution in [3.8, 4) is 0 Å². The highest BCUT2D eigenvalue weighted by Gasteiger charge is 2.23. The first-order valence-corrected chi connectivity index (χ1v) is 6.32. The molecule has 1 rings (SSSR count). The van der Waals surface area contributed by atoms with Gasteiger partial charge in [-0.1, -0.05) is 6.92 Å². The maximum absolute atomic E-state index is 11.6. The lowest BCUT2D eigenvalue weighted by Crippen LogP contribution is -2.45. The van der Waals surface area contributed by atoms with Crippen molar-refractivity contribution >= 4 is 6.09 Å². The molecular weight excluding hydrogens is 204 g/mol. The third-order valence-corrected chi connectivity index (χ3v) is 2.77. The summed E-state index contributed by atoms with van der Waals surface area (Å²) in [6.07, 6.45) is 3.04. The molecule has 0 saturated carbocycles. The van der Waals surface area contributed by atoms with Gasteiger partial charge in [-0.2, -0.15) is 0 Å². The molecule has 0 bridgehead atoms. The summed E-state index contributed by atoms with van der Waals surface area (Å²) in [6, 6.07) is 0.572. The fraction of sp³-hybridized carbons (Fsp3) is 0.917. The van der Waals surface area contributed by atoms with Gasteiger partial charge in [0.25, 0.3) is 0 Å². The molecule has 1 N–H and O–H groups in total. The molecular formula is C12H24N2O2. The molecule has 1 amide bonds. The Morgan fingerprint density at radius 3 is 2.56 bits per heavy atom. The van der Waals surface area contributed by atoms with Gasteiger partial charge < -0.3 is 15.0 Å². The van der Waals surface area contributed by atoms with Crippen molar-refractivity contribution in [3.63, 3.8) is 0 Å². The largest absolute Gasteiger partial charge is 0.447 e. The van der Waals surface area contributed by atoms with Gasteiger partial charge in [-0.05, 0) is 39.7 Å². The first-order chi connectivity index (χ1) is 7.63. The van der Waals surface area contributed by atoms with Gasteiger partial charge in [-0.15, -0.1) is 0 Å². The molecule has 16 heavy (non-hydrogen) atoms. The average Bonchev–Trinajstić information content (AvgIpc) is 2.26. The summed E-state index contributed by atoms with van der Waals surface area (Å²) in [6.45, 7) is 8.63. The molecule has 1 aliphatic heterocycles. The smallest absolute Gasteiger partial charge is 0.410 e. The topological polar surface area (TPSA) is 41.6 Å². The number of nitrogens with one attached hydrogen (secondary N) is 1. The SMILES string of the molecule is CCCNC1CCN(C(=O)OC(C)C)CC1. The van der Waals surface area contributed by atoms with Crippen LogP contribution in [0.25, 0.3) is 0 Å². The highest BCUT2D eigenvalue weighted by Crippen LogP contribution is 2.12. The van der Waals surface area contributed by atoms with Crippen molar-refractivity contribution in [2.45, 2.75) is 52.2 Å². The molecule has 0 aromatic heterocycles. The standard InChI is InChI=1S/C12H24N2O2/c1-4-7-13-11-5-8-14(9-6-11)12(15)16-10(2)3/h10-11,13H,4-9H2,1-3H3. The van der Waals surface area contributed by atoms with E-state index in [4.69, 9.17) is 4.74 Å². The Hall–Kier alpha value is -0.770. The number of nitrogens with zero attached hydrogens (tertiary/aromatic N) is 1. The second-order valence-electron chi connectivity index (χ2n) is 4.65. The molecule has 4 nitrogen and oxygen atoms in total. The van der Waals surface area contributed by atoms with E-state index in [1.54, 1.807) is 0 Å². The molecule has 4 heteroatoms. The number of rotatable bonds is 4. The van der Waals surface area contributed by atoms with Gasteiger partial charge in [0.05, 0.1) is 6.10 Å². The van der Waals surface area contributed by atoms with E-state index < -0.39 is 0 Å². The zero-order chi connectivity index (χ0) is 12.0. The molecule has 94 valence electrons. The third kappa shape index (κ3) is 4.39. The minimum atomic E-state index is -0.163. The Morgan fingerprint density at radius 2 is 2.06 bits per heavy atom. The van der Waals surface area contributed by atoms with Crippen LogP contribution in [0.2, 0.25) is 0 Å². The van der Waals surface area contributed by atoms with Crippen LogP contribution in [0.3, 0.4) is 0 Å². The molecule has 0 aromatic carbocycles. The predicted molar refractivity (Wildman–Crippen MR) is 64.5 cm³/mol. The number of carbonyl (C=O) groups excluding carboxylic acids is 1. The number of hydrogen-bond acceptors (Lipinski definition) is 3. The number of ether oxygens (including phenoxy) is 1. The van der Waals surface area contributed by atoms with Gasteiger partial charge in [-0.25, -0.2) is 4.79 Å². The van der Waals surface area contributed by atoms with Crippen molar-refractivity contribution < 1.29 is 9.53 Å². The summed E-state index contributed by atoms with van der Waals surface area (Å²) in [4.78, 5) is 13.4. The van der Waals surface area contributed by atoms with E-state index in [0.717, 1.165) is 38.9 Å². The zero-order valence-corrected chi connectivity index (χ0v) is 10.7. The Balaban J connectivity index is 2.23. The highest BCUT2D eigenvalue weighted by molar-refractivity contribution is 5.67. The number of piperidine rings is 1. The molecule has 1 fully saturated rings. The van der Waals surface area contributed by atoms with Crippen molar-refractivity contribution in [1.82, 2.24) is 10.2 Å². The molecule has 0 aromatic rings. The van der Waals surface area contributed by atoms with Crippen LogP contribution in [0.1, 0.15) is 40.0 Å². The maximum Gasteiger partial charge on any atom is 0.410 e. The van der Waals surface area contributed by atoms with Crippen LogP contribution in [-0.2, 0) is 4.74 Å². The van der Waals surface area contributed by atoms with Crippen LogP contribution in [0.15, 0.2) is 0 Å². The van der Waals surface area contributed by atoms with Gasteiger partial charge >= 0.3 is 6.09 Å². The molecule has 0 atom stereocenters. The third-order valence-electron chi connectivity index (χ3n) is 2.77. The summed E-state index contributed by atoms with van der Waals surface area (Å²) >= 11 is 0. The van der Waals surface area contributed by atoms with Crippen LogP contribution in [0.5, 0.6) is 0 Å². The zero-order valence-electron chi connectivity index (χ0n) is 10.7. The minimum absolute atomic E-state index is 0.0246. The predicted octanol–water partition coefficient (Wildman–Crippen LogP) is 2.00. The van der Waals surface area contributed by atoms with E-state index in [0.29, 0.717) is 6.04 Å². The van der Waals surface area contributed by atoms with E-state index in [2.05, 4.69) is 12.2 Å². The van der Waals surface area contributed by atoms with Gasteiger partial charge in [0.2, 0.25) is 0 Å². The van der Waals surface area contributed by atoms with Crippen molar-refractivity contribution in [1.29, 1.82) is 0 Å². The minimum Gasteiger partial charge on any atom is -0.447 e. The summed E-state index contributed by atoms with van der Waals surface area (Å²) in [5.74, 6) is 0. The second kappa shape index (κ2) is 6.74. The average molecular weight is 228 g/mol.